The van der Waals surface area contributed by atoms with Gasteiger partial charge in [-0.05, 0) is 11.7 Å². The van der Waals surface area contributed by atoms with E-state index in [9.17, 15) is 0 Å². The van der Waals surface area contributed by atoms with Crippen LogP contribution in [0.5, 0.6) is 0 Å². The summed E-state index contributed by atoms with van der Waals surface area (Å²) in [5.74, 6) is 0. The summed E-state index contributed by atoms with van der Waals surface area (Å²) >= 11 is 6.05. The lowest BCUT2D eigenvalue weighted by Crippen LogP contribution is -2.09. The van der Waals surface area contributed by atoms with Crippen LogP contribution in [-0.2, 0) is 0 Å². The van der Waals surface area contributed by atoms with E-state index >= 15 is 0 Å². The van der Waals surface area contributed by atoms with Gasteiger partial charge in [-0.25, -0.2) is 0 Å². The van der Waals surface area contributed by atoms with E-state index in [4.69, 9.17) is 11.6 Å². The summed E-state index contributed by atoms with van der Waals surface area (Å²) in [6.45, 7) is 5.86. The smallest absolute Gasteiger partial charge is 0.246 e. The van der Waals surface area contributed by atoms with Gasteiger partial charge in [0, 0.05) is 49.2 Å². The fourth-order valence-corrected chi connectivity index (χ4v) is 1.80. The molecular formula is C12H12BClN2+. The molecule has 0 saturated heterocycles. The van der Waals surface area contributed by atoms with Crippen LogP contribution in [0.25, 0.3) is 0 Å². The van der Waals surface area contributed by atoms with Crippen LogP contribution < -0.4 is 0 Å². The van der Waals surface area contributed by atoms with Gasteiger partial charge in [0.25, 0.3) is 0 Å². The molecule has 0 amide bonds. The molecule has 0 unspecified atom stereocenters. The van der Waals surface area contributed by atoms with Gasteiger partial charge in [0.15, 0.2) is 5.02 Å². The molecule has 2 nitrogen and oxygen atoms in total. The zero-order valence-electron chi connectivity index (χ0n) is 9.37. The zero-order valence-corrected chi connectivity index (χ0v) is 10.1. The summed E-state index contributed by atoms with van der Waals surface area (Å²) < 4.78 is 0. The second-order valence-electron chi connectivity index (χ2n) is 3.67. The predicted molar refractivity (Wildman–Crippen MR) is 69.7 cm³/mol. The molecule has 0 aromatic heterocycles. The summed E-state index contributed by atoms with van der Waals surface area (Å²) in [5, 5.41) is 6.91. The third-order valence-corrected chi connectivity index (χ3v) is 2.92. The molecular weight excluding hydrogens is 218 g/mol. The minimum absolute atomic E-state index is 0.761. The second kappa shape index (κ2) is 4.26. The van der Waals surface area contributed by atoms with Gasteiger partial charge >= 0.3 is 0 Å². The molecule has 1 aromatic carbocycles. The molecule has 16 heavy (non-hydrogen) atoms. The fraction of sp³-hybridized carbons (Fsp3) is 0.167. The van der Waals surface area contributed by atoms with Crippen molar-refractivity contribution in [3.05, 3.63) is 52.9 Å². The molecule has 0 atom stereocenters. The first-order chi connectivity index (χ1) is 7.61. The van der Waals surface area contributed by atoms with Crippen molar-refractivity contribution in [3.63, 3.8) is 0 Å². The van der Waals surface area contributed by atoms with E-state index in [1.54, 1.807) is 5.01 Å². The van der Waals surface area contributed by atoms with E-state index in [-0.39, 0.29) is 0 Å². The first-order valence-corrected chi connectivity index (χ1v) is 5.45. The minimum Gasteiger partial charge on any atom is -0.283 e. The molecule has 0 fully saturated rings. The molecule has 0 saturated carbocycles. The van der Waals surface area contributed by atoms with Crippen molar-refractivity contribution in [2.45, 2.75) is 6.92 Å². The molecule has 1 radical (unpaired) electrons. The van der Waals surface area contributed by atoms with E-state index in [0.717, 1.165) is 27.4 Å². The number of hydrazone groups is 1. The molecule has 4 heteroatoms. The highest BCUT2D eigenvalue weighted by Gasteiger charge is 2.21. The van der Waals surface area contributed by atoms with Crippen molar-refractivity contribution in [3.8, 4) is 0 Å². The van der Waals surface area contributed by atoms with E-state index < -0.39 is 0 Å². The average molecular weight is 231 g/mol. The number of nitrogens with zero attached hydrogens (tertiary/aromatic N) is 2. The second-order valence-corrected chi connectivity index (χ2v) is 4.08. The zero-order chi connectivity index (χ0) is 11.7. The summed E-state index contributed by atoms with van der Waals surface area (Å²) in [6, 6.07) is 5.89. The van der Waals surface area contributed by atoms with E-state index in [1.807, 2.05) is 45.9 Å². The van der Waals surface area contributed by atoms with Gasteiger partial charge in [0.2, 0.25) is 7.28 Å². The van der Waals surface area contributed by atoms with E-state index in [1.165, 1.54) is 0 Å². The molecule has 79 valence electrons. The normalized spacial score (nSPS) is 14.8. The first-order valence-electron chi connectivity index (χ1n) is 5.07. The van der Waals surface area contributed by atoms with Crippen LogP contribution in [0, 0.1) is 6.42 Å². The van der Waals surface area contributed by atoms with Crippen molar-refractivity contribution >= 4 is 24.5 Å². The summed E-state index contributed by atoms with van der Waals surface area (Å²) in [7, 11) is 3.84. The highest BCUT2D eigenvalue weighted by atomic mass is 35.5. The Labute approximate surface area is 102 Å². The molecule has 1 aromatic rings. The van der Waals surface area contributed by atoms with Crippen molar-refractivity contribution in [1.82, 2.24) is 5.01 Å². The molecule has 1 aliphatic rings. The van der Waals surface area contributed by atoms with Crippen LogP contribution >= 0.6 is 11.6 Å². The van der Waals surface area contributed by atoms with Crippen LogP contribution in [-0.4, -0.2) is 24.9 Å². The number of hydrogen-bond donors (Lipinski definition) is 0. The Bertz CT molecular complexity index is 468. The molecule has 2 rings (SSSR count). The van der Waals surface area contributed by atoms with E-state index in [2.05, 4.69) is 11.7 Å². The van der Waals surface area contributed by atoms with Gasteiger partial charge in [-0.3, -0.25) is 5.01 Å². The Morgan fingerprint density at radius 1 is 1.50 bits per heavy atom. The molecule has 1 aliphatic heterocycles. The Morgan fingerprint density at radius 3 is 2.81 bits per heavy atom. The Morgan fingerprint density at radius 2 is 2.25 bits per heavy atom. The van der Waals surface area contributed by atoms with Crippen LogP contribution in [0.2, 0.25) is 5.02 Å². The highest BCUT2D eigenvalue weighted by Crippen LogP contribution is 2.21. The van der Waals surface area contributed by atoms with Crippen molar-refractivity contribution in [2.24, 2.45) is 5.10 Å². The van der Waals surface area contributed by atoms with Gasteiger partial charge in [-0.1, -0.05) is 6.58 Å². The van der Waals surface area contributed by atoms with Gasteiger partial charge in [-0.2, -0.15) is 5.10 Å². The highest BCUT2D eigenvalue weighted by molar-refractivity contribution is 6.84. The quantitative estimate of drug-likeness (QED) is 0.563. The molecule has 0 spiro atoms. The molecule has 1 heterocycles. The van der Waals surface area contributed by atoms with E-state index in [0.29, 0.717) is 0 Å². The van der Waals surface area contributed by atoms with Gasteiger partial charge in [-0.15, -0.1) is 0 Å². The van der Waals surface area contributed by atoms with Gasteiger partial charge in [0.05, 0.1) is 6.07 Å². The Hall–Kier alpha value is -1.35. The summed E-state index contributed by atoms with van der Waals surface area (Å²) in [4.78, 5) is 0. The minimum atomic E-state index is 0.761. The number of benzene rings is 1. The standard InChI is InChI=1S/C12H12BClN2/c1-4-9-7-10(5-6-11(9)14)12-13-8(2)16(3)15-12/h4-7H,2H2,1,3H3/q+1. The third-order valence-electron chi connectivity index (χ3n) is 2.58. The maximum Gasteiger partial charge on any atom is 0.246 e. The van der Waals surface area contributed by atoms with Crippen LogP contribution in [0.3, 0.4) is 0 Å². The summed E-state index contributed by atoms with van der Waals surface area (Å²) in [5.41, 5.74) is 3.90. The van der Waals surface area contributed by atoms with Gasteiger partial charge < -0.3 is 0 Å². The maximum atomic E-state index is 6.05. The first kappa shape index (κ1) is 11.1. The molecule has 0 N–H and O–H groups in total. The predicted octanol–water partition coefficient (Wildman–Crippen LogP) is 2.69. The Kier molecular flexibility index (Phi) is 2.97. The third kappa shape index (κ3) is 1.95. The number of hydrogen-bond acceptors (Lipinski definition) is 2. The van der Waals surface area contributed by atoms with Crippen molar-refractivity contribution in [1.29, 1.82) is 0 Å². The maximum absolute atomic E-state index is 6.05. The monoisotopic (exact) mass is 230 g/mol. The SMILES string of the molecule is C=C1[B]C(c2ccc(Cl)c([CH+]C)c2)=NN1C. The van der Waals surface area contributed by atoms with Crippen molar-refractivity contribution in [2.75, 3.05) is 7.05 Å². The van der Waals surface area contributed by atoms with Crippen LogP contribution in [0.1, 0.15) is 18.1 Å². The lowest BCUT2D eigenvalue weighted by atomic mass is 9.68. The largest absolute Gasteiger partial charge is 0.283 e. The van der Waals surface area contributed by atoms with Crippen LogP contribution in [0.15, 0.2) is 35.5 Å². The average Bonchev–Trinajstić information content (AvgIpc) is 2.60. The van der Waals surface area contributed by atoms with Crippen LogP contribution in [0.4, 0.5) is 0 Å². The molecule has 0 bridgehead atoms. The van der Waals surface area contributed by atoms with Gasteiger partial charge in [0.1, 0.15) is 5.56 Å². The lowest BCUT2D eigenvalue weighted by Gasteiger charge is -2.05. The number of rotatable bonds is 2. The number of halogens is 1. The lowest BCUT2D eigenvalue weighted by molar-refractivity contribution is 0.486. The summed E-state index contributed by atoms with van der Waals surface area (Å²) in [6.07, 6.45) is 1.99. The topological polar surface area (TPSA) is 15.6 Å². The van der Waals surface area contributed by atoms with Crippen molar-refractivity contribution < 1.29 is 0 Å². The Balaban J connectivity index is 2.35. The fourth-order valence-electron chi connectivity index (χ4n) is 1.57. The molecule has 0 aliphatic carbocycles.